The first-order valence-corrected chi connectivity index (χ1v) is 8.48. The second kappa shape index (κ2) is 6.46. The largest absolute Gasteiger partial charge is 0.384 e. The molecule has 1 N–H and O–H groups in total. The van der Waals surface area contributed by atoms with E-state index in [1.54, 1.807) is 0 Å². The van der Waals surface area contributed by atoms with Crippen molar-refractivity contribution in [3.63, 3.8) is 0 Å². The van der Waals surface area contributed by atoms with E-state index >= 15 is 0 Å². The van der Waals surface area contributed by atoms with Gasteiger partial charge in [0.15, 0.2) is 0 Å². The van der Waals surface area contributed by atoms with Crippen LogP contribution in [0.25, 0.3) is 0 Å². The van der Waals surface area contributed by atoms with Gasteiger partial charge in [-0.2, -0.15) is 5.10 Å². The molecule has 0 radical (unpaired) electrons. The summed E-state index contributed by atoms with van der Waals surface area (Å²) in [7, 11) is 2.01. The van der Waals surface area contributed by atoms with Crippen molar-refractivity contribution in [2.75, 3.05) is 13.1 Å². The molecule has 4 nitrogen and oxygen atoms in total. The summed E-state index contributed by atoms with van der Waals surface area (Å²) in [6, 6.07) is 12.2. The summed E-state index contributed by atoms with van der Waals surface area (Å²) in [5.41, 5.74) is 2.68. The number of aromatic nitrogens is 2. The van der Waals surface area contributed by atoms with Crippen molar-refractivity contribution in [1.82, 2.24) is 14.7 Å². The number of aryl methyl sites for hydroxylation is 1. The van der Waals surface area contributed by atoms with Gasteiger partial charge >= 0.3 is 0 Å². The molecule has 0 amide bonds. The fraction of sp³-hybridized carbons (Fsp3) is 0.526. The molecule has 124 valence electrons. The van der Waals surface area contributed by atoms with Crippen LogP contribution in [0, 0.1) is 5.92 Å². The molecule has 1 aromatic heterocycles. The van der Waals surface area contributed by atoms with Crippen LogP contribution in [-0.2, 0) is 25.6 Å². The van der Waals surface area contributed by atoms with Crippen molar-refractivity contribution in [2.24, 2.45) is 13.0 Å². The Kier molecular flexibility index (Phi) is 4.55. The highest BCUT2D eigenvalue weighted by molar-refractivity contribution is 5.24. The van der Waals surface area contributed by atoms with Crippen molar-refractivity contribution in [3.05, 3.63) is 53.3 Å². The van der Waals surface area contributed by atoms with Crippen LogP contribution in [0.1, 0.15) is 37.2 Å². The zero-order chi connectivity index (χ0) is 16.4. The maximum absolute atomic E-state index is 10.9. The lowest BCUT2D eigenvalue weighted by Gasteiger charge is -2.24. The molecular formula is C19H27N3O. The van der Waals surface area contributed by atoms with Crippen molar-refractivity contribution in [3.8, 4) is 0 Å². The summed E-state index contributed by atoms with van der Waals surface area (Å²) in [4.78, 5) is 2.32. The first-order chi connectivity index (χ1) is 11.0. The molecule has 3 rings (SSSR count). The highest BCUT2D eigenvalue weighted by atomic mass is 16.3. The van der Waals surface area contributed by atoms with Crippen molar-refractivity contribution < 1.29 is 5.11 Å². The van der Waals surface area contributed by atoms with Crippen LogP contribution in [0.3, 0.4) is 0 Å². The van der Waals surface area contributed by atoms with Gasteiger partial charge in [0.05, 0.1) is 11.4 Å². The van der Waals surface area contributed by atoms with Crippen LogP contribution in [0.4, 0.5) is 0 Å². The number of rotatable bonds is 5. The Bertz CT molecular complexity index is 650. The van der Waals surface area contributed by atoms with Crippen LogP contribution in [0.15, 0.2) is 36.4 Å². The summed E-state index contributed by atoms with van der Waals surface area (Å²) < 4.78 is 1.98. The summed E-state index contributed by atoms with van der Waals surface area (Å²) in [6.07, 6.45) is 1.80. The van der Waals surface area contributed by atoms with Crippen LogP contribution < -0.4 is 0 Å². The fourth-order valence-corrected chi connectivity index (χ4v) is 3.46. The average molecular weight is 313 g/mol. The Balaban J connectivity index is 1.67. The molecule has 2 aromatic rings. The van der Waals surface area contributed by atoms with Gasteiger partial charge in [-0.15, -0.1) is 0 Å². The maximum atomic E-state index is 10.9. The standard InChI is InChI=1S/C19H27N3O/c1-15(2)11-17-12-18(21(3)20-17)13-22-10-9-19(23,14-22)16-7-5-4-6-8-16/h4-8,12,15,23H,9-11,13-14H2,1-3H3. The third-order valence-electron chi connectivity index (χ3n) is 4.67. The molecule has 1 fully saturated rings. The molecule has 4 heteroatoms. The van der Waals surface area contributed by atoms with E-state index in [0.29, 0.717) is 12.5 Å². The van der Waals surface area contributed by atoms with Crippen molar-refractivity contribution in [1.29, 1.82) is 0 Å². The topological polar surface area (TPSA) is 41.3 Å². The van der Waals surface area contributed by atoms with Crippen molar-refractivity contribution in [2.45, 2.75) is 38.8 Å². The van der Waals surface area contributed by atoms with E-state index in [1.807, 2.05) is 42.1 Å². The summed E-state index contributed by atoms with van der Waals surface area (Å²) in [5, 5.41) is 15.6. The van der Waals surface area contributed by atoms with Gasteiger partial charge in [0, 0.05) is 26.7 Å². The number of likely N-dealkylation sites (tertiary alicyclic amines) is 1. The SMILES string of the molecule is CC(C)Cc1cc(CN2CCC(O)(c3ccccc3)C2)n(C)n1. The third-order valence-corrected chi connectivity index (χ3v) is 4.67. The van der Waals surface area contributed by atoms with Gasteiger partial charge in [-0.1, -0.05) is 44.2 Å². The predicted octanol–water partition coefficient (Wildman–Crippen LogP) is 2.71. The minimum Gasteiger partial charge on any atom is -0.384 e. The first kappa shape index (κ1) is 16.2. The van der Waals surface area contributed by atoms with Crippen LogP contribution in [0.5, 0.6) is 0 Å². The lowest BCUT2D eigenvalue weighted by atomic mass is 9.93. The minimum atomic E-state index is -0.722. The zero-order valence-corrected chi connectivity index (χ0v) is 14.4. The van der Waals surface area contributed by atoms with E-state index in [9.17, 15) is 5.11 Å². The molecule has 1 atom stereocenters. The van der Waals surface area contributed by atoms with E-state index in [0.717, 1.165) is 37.2 Å². The van der Waals surface area contributed by atoms with E-state index in [1.165, 1.54) is 5.69 Å². The third kappa shape index (κ3) is 3.65. The second-order valence-corrected chi connectivity index (χ2v) is 7.21. The number of nitrogens with zero attached hydrogens (tertiary/aromatic N) is 3. The molecule has 0 bridgehead atoms. The van der Waals surface area contributed by atoms with Crippen LogP contribution >= 0.6 is 0 Å². The first-order valence-electron chi connectivity index (χ1n) is 8.48. The van der Waals surface area contributed by atoms with Gasteiger partial charge in [0.1, 0.15) is 5.60 Å². The van der Waals surface area contributed by atoms with E-state index < -0.39 is 5.60 Å². The molecule has 0 aliphatic carbocycles. The van der Waals surface area contributed by atoms with Gasteiger partial charge in [0.2, 0.25) is 0 Å². The van der Waals surface area contributed by atoms with E-state index in [4.69, 9.17) is 0 Å². The van der Waals surface area contributed by atoms with Gasteiger partial charge in [-0.3, -0.25) is 9.58 Å². The Hall–Kier alpha value is -1.65. The number of β-amino-alcohol motifs (C(OH)–C–C–N with tert-alkyl or cyclic N) is 1. The molecule has 1 aliphatic rings. The smallest absolute Gasteiger partial charge is 0.103 e. The Morgan fingerprint density at radius 2 is 2.00 bits per heavy atom. The molecular weight excluding hydrogens is 286 g/mol. The molecule has 1 aromatic carbocycles. The van der Waals surface area contributed by atoms with E-state index in [2.05, 4.69) is 29.9 Å². The van der Waals surface area contributed by atoms with Gasteiger partial charge in [-0.05, 0) is 30.4 Å². The molecule has 1 saturated heterocycles. The van der Waals surface area contributed by atoms with Crippen LogP contribution in [-0.4, -0.2) is 32.9 Å². The molecule has 1 aliphatic heterocycles. The van der Waals surface area contributed by atoms with Gasteiger partial charge in [-0.25, -0.2) is 0 Å². The molecule has 0 spiro atoms. The number of hydrogen-bond donors (Lipinski definition) is 1. The van der Waals surface area contributed by atoms with Crippen LogP contribution in [0.2, 0.25) is 0 Å². The van der Waals surface area contributed by atoms with Gasteiger partial charge in [0.25, 0.3) is 0 Å². The summed E-state index contributed by atoms with van der Waals surface area (Å²) in [5.74, 6) is 0.618. The summed E-state index contributed by atoms with van der Waals surface area (Å²) in [6.45, 7) is 6.87. The number of aliphatic hydroxyl groups is 1. The average Bonchev–Trinajstić information content (AvgIpc) is 3.04. The normalized spacial score (nSPS) is 22.1. The number of benzene rings is 1. The summed E-state index contributed by atoms with van der Waals surface area (Å²) >= 11 is 0. The quantitative estimate of drug-likeness (QED) is 0.923. The highest BCUT2D eigenvalue weighted by Crippen LogP contribution is 2.32. The predicted molar refractivity (Wildman–Crippen MR) is 92.0 cm³/mol. The molecule has 23 heavy (non-hydrogen) atoms. The maximum Gasteiger partial charge on any atom is 0.103 e. The fourth-order valence-electron chi connectivity index (χ4n) is 3.46. The van der Waals surface area contributed by atoms with E-state index in [-0.39, 0.29) is 0 Å². The lowest BCUT2D eigenvalue weighted by molar-refractivity contribution is 0.0450. The Morgan fingerprint density at radius 1 is 1.26 bits per heavy atom. The highest BCUT2D eigenvalue weighted by Gasteiger charge is 2.37. The van der Waals surface area contributed by atoms with Gasteiger partial charge < -0.3 is 5.11 Å². The molecule has 1 unspecified atom stereocenters. The monoisotopic (exact) mass is 313 g/mol. The van der Waals surface area contributed by atoms with Crippen molar-refractivity contribution >= 4 is 0 Å². The minimum absolute atomic E-state index is 0.618. The second-order valence-electron chi connectivity index (χ2n) is 7.21. The zero-order valence-electron chi connectivity index (χ0n) is 14.4. The number of hydrogen-bond acceptors (Lipinski definition) is 3. The molecule has 0 saturated carbocycles. The Labute approximate surface area is 138 Å². The lowest BCUT2D eigenvalue weighted by Crippen LogP contribution is -2.30. The molecule has 2 heterocycles. The Morgan fingerprint density at radius 3 is 2.70 bits per heavy atom.